The Balaban J connectivity index is 2.24. The quantitative estimate of drug-likeness (QED) is 0.571. The van der Waals surface area contributed by atoms with Crippen LogP contribution in [0.4, 0.5) is 18.0 Å². The topological polar surface area (TPSA) is 55.8 Å². The lowest BCUT2D eigenvalue weighted by atomic mass is 9.99. The van der Waals surface area contributed by atoms with Gasteiger partial charge in [-0.05, 0) is 27.2 Å². The van der Waals surface area contributed by atoms with Gasteiger partial charge in [0, 0.05) is 12.5 Å². The maximum absolute atomic E-state index is 13.4. The van der Waals surface area contributed by atoms with Gasteiger partial charge in [-0.2, -0.15) is 13.2 Å². The molecular formula is C13H17ClF3NO4. The number of alkyl halides is 4. The van der Waals surface area contributed by atoms with Crippen LogP contribution in [0, 0.1) is 11.3 Å². The summed E-state index contributed by atoms with van der Waals surface area (Å²) < 4.78 is 49.8. The van der Waals surface area contributed by atoms with E-state index in [2.05, 4.69) is 4.74 Å². The van der Waals surface area contributed by atoms with E-state index in [1.54, 1.807) is 20.8 Å². The second-order valence-corrected chi connectivity index (χ2v) is 6.64. The summed E-state index contributed by atoms with van der Waals surface area (Å²) in [6.07, 6.45) is -5.60. The number of carbonyl (C=O) groups is 2. The van der Waals surface area contributed by atoms with Crippen LogP contribution < -0.4 is 0 Å². The second-order valence-electron chi connectivity index (χ2n) is 6.42. The predicted molar refractivity (Wildman–Crippen MR) is 70.1 cm³/mol. The summed E-state index contributed by atoms with van der Waals surface area (Å²) in [4.78, 5) is 24.9. The minimum absolute atomic E-state index is 0.0702. The molecular weight excluding hydrogens is 327 g/mol. The van der Waals surface area contributed by atoms with E-state index >= 15 is 0 Å². The van der Waals surface area contributed by atoms with Gasteiger partial charge in [-0.1, -0.05) is 11.6 Å². The van der Waals surface area contributed by atoms with E-state index in [0.29, 0.717) is 0 Å². The van der Waals surface area contributed by atoms with Gasteiger partial charge >= 0.3 is 18.2 Å². The molecule has 0 spiro atoms. The predicted octanol–water partition coefficient (Wildman–Crippen LogP) is 2.91. The molecule has 22 heavy (non-hydrogen) atoms. The van der Waals surface area contributed by atoms with Crippen molar-refractivity contribution >= 4 is 23.7 Å². The number of halogens is 4. The van der Waals surface area contributed by atoms with Crippen LogP contribution in [0.5, 0.6) is 0 Å². The first-order valence-corrected chi connectivity index (χ1v) is 7.29. The molecule has 1 amide bonds. The highest BCUT2D eigenvalue weighted by Crippen LogP contribution is 2.69. The van der Waals surface area contributed by atoms with Gasteiger partial charge in [-0.15, -0.1) is 0 Å². The third-order valence-electron chi connectivity index (χ3n) is 3.96. The minimum Gasteiger partial charge on any atom is -0.449 e. The van der Waals surface area contributed by atoms with Crippen LogP contribution in [0.2, 0.25) is 0 Å². The lowest BCUT2D eigenvalue weighted by molar-refractivity contribution is -0.214. The first kappa shape index (κ1) is 17.2. The first-order chi connectivity index (χ1) is 9.96. The monoisotopic (exact) mass is 343 g/mol. The van der Waals surface area contributed by atoms with Crippen LogP contribution in [-0.2, 0) is 14.3 Å². The van der Waals surface area contributed by atoms with E-state index < -0.39 is 47.3 Å². The number of hydrogen-bond donors (Lipinski definition) is 0. The van der Waals surface area contributed by atoms with Crippen LogP contribution in [-0.4, -0.2) is 47.4 Å². The molecule has 0 N–H and O–H groups in total. The van der Waals surface area contributed by atoms with Crippen molar-refractivity contribution in [2.45, 2.75) is 45.0 Å². The molecule has 0 aromatic carbocycles. The second kappa shape index (κ2) is 5.18. The number of fused-ring (bicyclic) bond motifs is 1. The molecule has 1 aliphatic carbocycles. The SMILES string of the molecule is CC(C)(C)OC(=O)N1CCC2C1C2(C(=O)OCCl)C(F)(F)F. The zero-order chi connectivity index (χ0) is 16.9. The molecule has 0 bridgehead atoms. The fourth-order valence-corrected chi connectivity index (χ4v) is 3.26. The van der Waals surface area contributed by atoms with Crippen molar-refractivity contribution in [3.63, 3.8) is 0 Å². The Morgan fingerprint density at radius 1 is 1.32 bits per heavy atom. The Kier molecular flexibility index (Phi) is 4.04. The Bertz CT molecular complexity index is 491. The number of ether oxygens (including phenoxy) is 2. The van der Waals surface area contributed by atoms with Crippen molar-refractivity contribution < 1.29 is 32.2 Å². The van der Waals surface area contributed by atoms with Crippen LogP contribution in [0.15, 0.2) is 0 Å². The summed E-state index contributed by atoms with van der Waals surface area (Å²) in [5.41, 5.74) is -3.52. The average molecular weight is 344 g/mol. The normalized spacial score (nSPS) is 30.8. The summed E-state index contributed by atoms with van der Waals surface area (Å²) >= 11 is 5.21. The summed E-state index contributed by atoms with van der Waals surface area (Å²) in [5.74, 6) is -2.44. The number of likely N-dealkylation sites (tertiary alicyclic amines) is 1. The highest BCUT2D eigenvalue weighted by atomic mass is 35.5. The molecule has 9 heteroatoms. The molecule has 1 heterocycles. The molecule has 126 valence electrons. The third kappa shape index (κ3) is 2.51. The van der Waals surface area contributed by atoms with Crippen LogP contribution in [0.1, 0.15) is 27.2 Å². The van der Waals surface area contributed by atoms with Crippen LogP contribution >= 0.6 is 11.6 Å². The molecule has 1 saturated carbocycles. The fraction of sp³-hybridized carbons (Fsp3) is 0.846. The number of rotatable bonds is 2. The lowest BCUT2D eigenvalue weighted by Gasteiger charge is -2.29. The third-order valence-corrected chi connectivity index (χ3v) is 4.07. The van der Waals surface area contributed by atoms with Crippen molar-refractivity contribution in [2.75, 3.05) is 12.6 Å². The van der Waals surface area contributed by atoms with Crippen LogP contribution in [0.3, 0.4) is 0 Å². The Labute approximate surface area is 130 Å². The van der Waals surface area contributed by atoms with Gasteiger partial charge in [0.2, 0.25) is 0 Å². The number of nitrogens with zero attached hydrogens (tertiary/aromatic N) is 1. The highest BCUT2D eigenvalue weighted by molar-refractivity contribution is 6.17. The number of piperidine rings is 1. The molecule has 2 aliphatic rings. The van der Waals surface area contributed by atoms with E-state index in [4.69, 9.17) is 16.3 Å². The summed E-state index contributed by atoms with van der Waals surface area (Å²) in [6, 6.07) is -1.94. The van der Waals surface area contributed by atoms with Gasteiger partial charge in [0.15, 0.2) is 11.5 Å². The largest absolute Gasteiger partial charge is 0.449 e. The van der Waals surface area contributed by atoms with Crippen molar-refractivity contribution in [3.8, 4) is 0 Å². The standard InChI is InChI=1S/C13H17ClF3NO4/c1-11(2,3)22-10(20)18-5-4-7-8(18)12(7,13(15,16)17)9(19)21-6-14/h7-8H,4-6H2,1-3H3. The number of amides is 1. The van der Waals surface area contributed by atoms with Gasteiger partial charge in [0.1, 0.15) is 5.60 Å². The molecule has 1 saturated heterocycles. The summed E-state index contributed by atoms with van der Waals surface area (Å²) in [7, 11) is 0. The molecule has 2 fully saturated rings. The van der Waals surface area contributed by atoms with Gasteiger partial charge in [-0.3, -0.25) is 4.79 Å². The Morgan fingerprint density at radius 2 is 1.91 bits per heavy atom. The lowest BCUT2D eigenvalue weighted by Crippen LogP contribution is -2.47. The van der Waals surface area contributed by atoms with Crippen molar-refractivity contribution in [2.24, 2.45) is 11.3 Å². The summed E-state index contributed by atoms with van der Waals surface area (Å²) in [6.45, 7) is 4.97. The molecule has 3 atom stereocenters. The summed E-state index contributed by atoms with van der Waals surface area (Å²) in [5, 5.41) is 0. The fourth-order valence-electron chi connectivity index (χ4n) is 3.17. The van der Waals surface area contributed by atoms with Gasteiger partial charge in [0.25, 0.3) is 0 Å². The number of hydrogen-bond acceptors (Lipinski definition) is 4. The van der Waals surface area contributed by atoms with E-state index in [0.717, 1.165) is 4.90 Å². The molecule has 2 rings (SSSR count). The molecule has 5 nitrogen and oxygen atoms in total. The van der Waals surface area contributed by atoms with Gasteiger partial charge < -0.3 is 14.4 Å². The Morgan fingerprint density at radius 3 is 2.36 bits per heavy atom. The smallest absolute Gasteiger partial charge is 0.410 e. The highest BCUT2D eigenvalue weighted by Gasteiger charge is 2.87. The zero-order valence-corrected chi connectivity index (χ0v) is 13.1. The average Bonchev–Trinajstić information content (AvgIpc) is 2.79. The number of carbonyl (C=O) groups excluding carboxylic acids is 2. The molecule has 0 aromatic heterocycles. The van der Waals surface area contributed by atoms with E-state index in [-0.39, 0.29) is 13.0 Å². The van der Waals surface area contributed by atoms with Crippen LogP contribution in [0.25, 0.3) is 0 Å². The first-order valence-electron chi connectivity index (χ1n) is 6.76. The molecule has 3 unspecified atom stereocenters. The Hall–Kier alpha value is -1.18. The minimum atomic E-state index is -4.81. The molecule has 1 aliphatic heterocycles. The maximum Gasteiger partial charge on any atom is 0.410 e. The van der Waals surface area contributed by atoms with E-state index in [1.165, 1.54) is 0 Å². The van der Waals surface area contributed by atoms with Gasteiger partial charge in [-0.25, -0.2) is 4.79 Å². The van der Waals surface area contributed by atoms with Crippen molar-refractivity contribution in [1.82, 2.24) is 4.90 Å². The molecule has 0 aromatic rings. The molecule has 0 radical (unpaired) electrons. The van der Waals surface area contributed by atoms with E-state index in [1.807, 2.05) is 0 Å². The van der Waals surface area contributed by atoms with E-state index in [9.17, 15) is 22.8 Å². The van der Waals surface area contributed by atoms with Crippen molar-refractivity contribution in [3.05, 3.63) is 0 Å². The van der Waals surface area contributed by atoms with Gasteiger partial charge in [0.05, 0.1) is 6.04 Å². The number of esters is 1. The van der Waals surface area contributed by atoms with Crippen molar-refractivity contribution in [1.29, 1.82) is 0 Å². The zero-order valence-electron chi connectivity index (χ0n) is 12.4. The maximum atomic E-state index is 13.4.